The minimum Gasteiger partial charge on any atom is -0.348 e. The average molecular weight is 305 g/mol. The van der Waals surface area contributed by atoms with E-state index in [1.807, 2.05) is 42.5 Å². The molecule has 0 unspecified atom stereocenters. The zero-order chi connectivity index (χ0) is 16.1. The van der Waals surface area contributed by atoms with E-state index in [2.05, 4.69) is 15.3 Å². The second kappa shape index (κ2) is 6.70. The number of rotatable bonds is 4. The number of nitrogens with zero attached hydrogens (tertiary/aromatic N) is 1. The quantitative estimate of drug-likeness (QED) is 0.777. The number of aromatic amines is 1. The number of carbonyl (C=O) groups is 1. The average Bonchev–Trinajstić information content (AvgIpc) is 2.62. The molecule has 3 aromatic rings. The van der Waals surface area contributed by atoms with Gasteiger partial charge in [0.2, 0.25) is 0 Å². The van der Waals surface area contributed by atoms with Gasteiger partial charge in [-0.15, -0.1) is 0 Å². The molecule has 0 saturated carbocycles. The zero-order valence-electron chi connectivity index (χ0n) is 12.3. The first-order valence-corrected chi connectivity index (χ1v) is 7.19. The molecular formula is C18H15N3O2. The standard InChI is InChI=1S/C18H15N3O2/c22-17(20-11-13-4-2-1-3-5-13)16-10-15(12-21-18(16)23)14-6-8-19-9-7-14/h1-10,12H,11H2,(H,20,22)(H,21,23). The fourth-order valence-corrected chi connectivity index (χ4v) is 2.24. The predicted molar refractivity (Wildman–Crippen MR) is 87.9 cm³/mol. The van der Waals surface area contributed by atoms with Crippen LogP contribution in [0.4, 0.5) is 0 Å². The van der Waals surface area contributed by atoms with E-state index in [1.54, 1.807) is 24.7 Å². The highest BCUT2D eigenvalue weighted by Crippen LogP contribution is 2.16. The molecule has 23 heavy (non-hydrogen) atoms. The van der Waals surface area contributed by atoms with Crippen molar-refractivity contribution in [3.63, 3.8) is 0 Å². The molecule has 3 rings (SSSR count). The highest BCUT2D eigenvalue weighted by Gasteiger charge is 2.12. The van der Waals surface area contributed by atoms with Gasteiger partial charge in [-0.05, 0) is 34.9 Å². The summed E-state index contributed by atoms with van der Waals surface area (Å²) in [5.41, 5.74) is 2.30. The van der Waals surface area contributed by atoms with Crippen molar-refractivity contribution in [2.24, 2.45) is 0 Å². The van der Waals surface area contributed by atoms with Crippen LogP contribution in [0.5, 0.6) is 0 Å². The van der Waals surface area contributed by atoms with E-state index in [9.17, 15) is 9.59 Å². The van der Waals surface area contributed by atoms with Crippen LogP contribution in [0.1, 0.15) is 15.9 Å². The molecule has 0 radical (unpaired) electrons. The summed E-state index contributed by atoms with van der Waals surface area (Å²) in [5.74, 6) is -0.397. The van der Waals surface area contributed by atoms with Gasteiger partial charge in [0.15, 0.2) is 0 Å². The lowest BCUT2D eigenvalue weighted by Gasteiger charge is -2.07. The van der Waals surface area contributed by atoms with Crippen LogP contribution in [0, 0.1) is 0 Å². The number of aromatic nitrogens is 2. The Labute approximate surface area is 133 Å². The Balaban J connectivity index is 1.81. The molecule has 5 nitrogen and oxygen atoms in total. The molecule has 0 atom stereocenters. The monoisotopic (exact) mass is 305 g/mol. The van der Waals surface area contributed by atoms with Gasteiger partial charge in [-0.2, -0.15) is 0 Å². The molecule has 0 saturated heterocycles. The molecule has 0 aliphatic rings. The van der Waals surface area contributed by atoms with E-state index in [1.165, 1.54) is 0 Å². The van der Waals surface area contributed by atoms with Gasteiger partial charge < -0.3 is 10.3 Å². The summed E-state index contributed by atoms with van der Waals surface area (Å²) in [4.78, 5) is 30.8. The van der Waals surface area contributed by atoms with Crippen LogP contribution < -0.4 is 10.9 Å². The Bertz CT molecular complexity index is 858. The maximum Gasteiger partial charge on any atom is 0.260 e. The molecule has 2 heterocycles. The number of pyridine rings is 2. The molecule has 114 valence electrons. The van der Waals surface area contributed by atoms with Crippen molar-refractivity contribution in [2.75, 3.05) is 0 Å². The van der Waals surface area contributed by atoms with Crippen molar-refractivity contribution in [1.82, 2.24) is 15.3 Å². The second-order valence-corrected chi connectivity index (χ2v) is 5.04. The van der Waals surface area contributed by atoms with Crippen molar-refractivity contribution in [2.45, 2.75) is 6.54 Å². The van der Waals surface area contributed by atoms with E-state index in [0.717, 1.165) is 16.7 Å². The first kappa shape index (κ1) is 14.7. The van der Waals surface area contributed by atoms with Gasteiger partial charge in [0.25, 0.3) is 11.5 Å². The molecule has 0 bridgehead atoms. The molecule has 0 aliphatic carbocycles. The van der Waals surface area contributed by atoms with Crippen molar-refractivity contribution >= 4 is 5.91 Å². The molecule has 2 aromatic heterocycles. The smallest absolute Gasteiger partial charge is 0.260 e. The molecular weight excluding hydrogens is 290 g/mol. The maximum atomic E-state index is 12.3. The fraction of sp³-hybridized carbons (Fsp3) is 0.0556. The molecule has 0 aliphatic heterocycles. The summed E-state index contributed by atoms with van der Waals surface area (Å²) in [6.45, 7) is 0.374. The fourth-order valence-electron chi connectivity index (χ4n) is 2.24. The van der Waals surface area contributed by atoms with Gasteiger partial charge in [0.1, 0.15) is 5.56 Å². The lowest BCUT2D eigenvalue weighted by atomic mass is 10.1. The molecule has 5 heteroatoms. The van der Waals surface area contributed by atoms with Crippen LogP contribution in [0.3, 0.4) is 0 Å². The van der Waals surface area contributed by atoms with Gasteiger partial charge >= 0.3 is 0 Å². The second-order valence-electron chi connectivity index (χ2n) is 5.04. The number of carbonyl (C=O) groups excluding carboxylic acids is 1. The van der Waals surface area contributed by atoms with E-state index in [-0.39, 0.29) is 5.56 Å². The molecule has 0 spiro atoms. The zero-order valence-corrected chi connectivity index (χ0v) is 12.3. The van der Waals surface area contributed by atoms with Crippen LogP contribution in [-0.4, -0.2) is 15.9 Å². The minimum absolute atomic E-state index is 0.0928. The van der Waals surface area contributed by atoms with Crippen molar-refractivity contribution < 1.29 is 4.79 Å². The van der Waals surface area contributed by atoms with Crippen molar-refractivity contribution in [3.05, 3.63) is 88.6 Å². The third-order valence-electron chi connectivity index (χ3n) is 3.46. The number of hydrogen-bond donors (Lipinski definition) is 2. The van der Waals surface area contributed by atoms with E-state index in [0.29, 0.717) is 6.54 Å². The summed E-state index contributed by atoms with van der Waals surface area (Å²) >= 11 is 0. The summed E-state index contributed by atoms with van der Waals surface area (Å²) < 4.78 is 0. The minimum atomic E-state index is -0.409. The topological polar surface area (TPSA) is 74.8 Å². The molecule has 0 fully saturated rings. The van der Waals surface area contributed by atoms with Crippen LogP contribution in [0.25, 0.3) is 11.1 Å². The number of benzene rings is 1. The van der Waals surface area contributed by atoms with Gasteiger partial charge in [0.05, 0.1) is 0 Å². The lowest BCUT2D eigenvalue weighted by molar-refractivity contribution is 0.0949. The van der Waals surface area contributed by atoms with Gasteiger partial charge in [-0.1, -0.05) is 30.3 Å². The Hall–Kier alpha value is -3.21. The third kappa shape index (κ3) is 3.52. The highest BCUT2D eigenvalue weighted by molar-refractivity contribution is 5.94. The first-order chi connectivity index (χ1) is 11.2. The van der Waals surface area contributed by atoms with Crippen LogP contribution in [-0.2, 0) is 6.54 Å². The summed E-state index contributed by atoms with van der Waals surface area (Å²) in [6, 6.07) is 14.8. The summed E-state index contributed by atoms with van der Waals surface area (Å²) in [6.07, 6.45) is 4.91. The first-order valence-electron chi connectivity index (χ1n) is 7.19. The summed E-state index contributed by atoms with van der Waals surface area (Å²) in [7, 11) is 0. The Kier molecular flexibility index (Phi) is 4.29. The molecule has 1 amide bonds. The van der Waals surface area contributed by atoms with Gasteiger partial charge in [-0.25, -0.2) is 0 Å². The number of nitrogens with one attached hydrogen (secondary N) is 2. The number of H-pyrrole nitrogens is 1. The van der Waals surface area contributed by atoms with Gasteiger partial charge in [0, 0.05) is 25.1 Å². The summed E-state index contributed by atoms with van der Waals surface area (Å²) in [5, 5.41) is 2.76. The van der Waals surface area contributed by atoms with E-state index < -0.39 is 11.5 Å². The normalized spacial score (nSPS) is 10.3. The Morgan fingerprint density at radius 2 is 1.78 bits per heavy atom. The number of hydrogen-bond acceptors (Lipinski definition) is 3. The van der Waals surface area contributed by atoms with Crippen molar-refractivity contribution in [3.8, 4) is 11.1 Å². The lowest BCUT2D eigenvalue weighted by Crippen LogP contribution is -2.29. The van der Waals surface area contributed by atoms with E-state index in [4.69, 9.17) is 0 Å². The Morgan fingerprint density at radius 3 is 2.52 bits per heavy atom. The van der Waals surface area contributed by atoms with Gasteiger partial charge in [-0.3, -0.25) is 14.6 Å². The predicted octanol–water partition coefficient (Wildman–Crippen LogP) is 2.37. The van der Waals surface area contributed by atoms with Crippen LogP contribution in [0.15, 0.2) is 71.9 Å². The highest BCUT2D eigenvalue weighted by atomic mass is 16.2. The third-order valence-corrected chi connectivity index (χ3v) is 3.46. The molecule has 1 aromatic carbocycles. The maximum absolute atomic E-state index is 12.3. The number of amides is 1. The van der Waals surface area contributed by atoms with E-state index >= 15 is 0 Å². The SMILES string of the molecule is O=C(NCc1ccccc1)c1cc(-c2ccncc2)c[nH]c1=O. The Morgan fingerprint density at radius 1 is 1.04 bits per heavy atom. The van der Waals surface area contributed by atoms with Crippen molar-refractivity contribution in [1.29, 1.82) is 0 Å². The largest absolute Gasteiger partial charge is 0.348 e. The van der Waals surface area contributed by atoms with Crippen LogP contribution >= 0.6 is 0 Å². The van der Waals surface area contributed by atoms with Crippen LogP contribution in [0.2, 0.25) is 0 Å². The molecule has 2 N–H and O–H groups in total.